The third-order valence-corrected chi connectivity index (χ3v) is 2.39. The highest BCUT2D eigenvalue weighted by Crippen LogP contribution is 2.12. The molecule has 0 aliphatic carbocycles. The largest absolute Gasteiger partial charge is 0.399 e. The van der Waals surface area contributed by atoms with E-state index in [1.54, 1.807) is 29.2 Å². The SMILES string of the molecule is CCN(CCCO)C(=O)Nc1cccc(N)c1. The molecule has 0 spiro atoms. The van der Waals surface area contributed by atoms with Crippen molar-refractivity contribution in [1.29, 1.82) is 0 Å². The Labute approximate surface area is 101 Å². The second kappa shape index (κ2) is 6.75. The third kappa shape index (κ3) is 4.32. The number of benzene rings is 1. The Morgan fingerprint density at radius 2 is 2.29 bits per heavy atom. The number of nitrogens with one attached hydrogen (secondary N) is 1. The van der Waals surface area contributed by atoms with Crippen LogP contribution in [0.1, 0.15) is 13.3 Å². The minimum absolute atomic E-state index is 0.0854. The number of nitrogens with zero attached hydrogens (tertiary/aromatic N) is 1. The third-order valence-electron chi connectivity index (χ3n) is 2.39. The van der Waals surface area contributed by atoms with Crippen LogP contribution < -0.4 is 11.1 Å². The number of nitrogen functional groups attached to an aromatic ring is 1. The molecule has 0 unspecified atom stereocenters. The first-order valence-electron chi connectivity index (χ1n) is 5.69. The number of amides is 2. The van der Waals surface area contributed by atoms with Crippen molar-refractivity contribution in [3.63, 3.8) is 0 Å². The topological polar surface area (TPSA) is 78.6 Å². The maximum absolute atomic E-state index is 11.9. The van der Waals surface area contributed by atoms with E-state index in [0.717, 1.165) is 0 Å². The number of rotatable bonds is 5. The number of nitrogens with two attached hydrogens (primary N) is 1. The molecule has 0 heterocycles. The molecule has 5 heteroatoms. The van der Waals surface area contributed by atoms with E-state index < -0.39 is 0 Å². The second-order valence-electron chi connectivity index (χ2n) is 3.71. The van der Waals surface area contributed by atoms with Crippen LogP contribution in [0.3, 0.4) is 0 Å². The first kappa shape index (κ1) is 13.3. The average molecular weight is 237 g/mol. The summed E-state index contributed by atoms with van der Waals surface area (Å²) in [4.78, 5) is 13.5. The average Bonchev–Trinajstić information content (AvgIpc) is 2.30. The van der Waals surface area contributed by atoms with Crippen molar-refractivity contribution in [2.24, 2.45) is 0 Å². The van der Waals surface area contributed by atoms with Crippen LogP contribution in [0.2, 0.25) is 0 Å². The number of carbonyl (C=O) groups is 1. The molecule has 0 aliphatic rings. The number of anilines is 2. The molecule has 5 nitrogen and oxygen atoms in total. The normalized spacial score (nSPS) is 10.0. The molecule has 2 amide bonds. The van der Waals surface area contributed by atoms with E-state index in [-0.39, 0.29) is 12.6 Å². The molecule has 0 fully saturated rings. The molecular formula is C12H19N3O2. The van der Waals surface area contributed by atoms with Gasteiger partial charge in [0, 0.05) is 31.1 Å². The summed E-state index contributed by atoms with van der Waals surface area (Å²) in [5.74, 6) is 0. The number of hydrogen-bond acceptors (Lipinski definition) is 3. The predicted molar refractivity (Wildman–Crippen MR) is 68.8 cm³/mol. The van der Waals surface area contributed by atoms with Gasteiger partial charge in [-0.05, 0) is 31.5 Å². The van der Waals surface area contributed by atoms with E-state index in [1.165, 1.54) is 0 Å². The van der Waals surface area contributed by atoms with Gasteiger partial charge < -0.3 is 21.1 Å². The minimum atomic E-state index is -0.174. The minimum Gasteiger partial charge on any atom is -0.399 e. The molecule has 0 aromatic heterocycles. The Kier molecular flexibility index (Phi) is 5.29. The summed E-state index contributed by atoms with van der Waals surface area (Å²) in [7, 11) is 0. The molecule has 0 aliphatic heterocycles. The van der Waals surface area contributed by atoms with Crippen molar-refractivity contribution in [2.45, 2.75) is 13.3 Å². The highest BCUT2D eigenvalue weighted by molar-refractivity contribution is 5.89. The fourth-order valence-electron chi connectivity index (χ4n) is 1.48. The molecular weight excluding hydrogens is 218 g/mol. The Hall–Kier alpha value is -1.75. The van der Waals surface area contributed by atoms with Gasteiger partial charge in [0.15, 0.2) is 0 Å². The van der Waals surface area contributed by atoms with Gasteiger partial charge >= 0.3 is 6.03 Å². The maximum Gasteiger partial charge on any atom is 0.321 e. The van der Waals surface area contributed by atoms with Crippen LogP contribution in [-0.4, -0.2) is 35.7 Å². The predicted octanol–water partition coefficient (Wildman–Crippen LogP) is 1.51. The molecule has 1 aromatic carbocycles. The molecule has 0 radical (unpaired) electrons. The summed E-state index contributed by atoms with van der Waals surface area (Å²) in [6, 6.07) is 6.87. The van der Waals surface area contributed by atoms with Crippen molar-refractivity contribution >= 4 is 17.4 Å². The van der Waals surface area contributed by atoms with Gasteiger partial charge in [-0.15, -0.1) is 0 Å². The van der Waals surface area contributed by atoms with Crippen molar-refractivity contribution in [3.05, 3.63) is 24.3 Å². The van der Waals surface area contributed by atoms with Gasteiger partial charge in [-0.25, -0.2) is 4.79 Å². The molecule has 4 N–H and O–H groups in total. The number of urea groups is 1. The number of hydrogen-bond donors (Lipinski definition) is 3. The molecule has 0 saturated heterocycles. The van der Waals surface area contributed by atoms with E-state index in [2.05, 4.69) is 5.32 Å². The molecule has 1 aromatic rings. The zero-order valence-electron chi connectivity index (χ0n) is 10.0. The van der Waals surface area contributed by atoms with Gasteiger partial charge in [0.1, 0.15) is 0 Å². The smallest absolute Gasteiger partial charge is 0.321 e. The molecule has 1 rings (SSSR count). The van der Waals surface area contributed by atoms with Crippen LogP contribution in [0.4, 0.5) is 16.2 Å². The van der Waals surface area contributed by atoms with Crippen molar-refractivity contribution in [1.82, 2.24) is 4.90 Å². The zero-order chi connectivity index (χ0) is 12.7. The van der Waals surface area contributed by atoms with Gasteiger partial charge in [0.25, 0.3) is 0 Å². The van der Waals surface area contributed by atoms with Gasteiger partial charge in [-0.3, -0.25) is 0 Å². The first-order valence-corrected chi connectivity index (χ1v) is 5.69. The van der Waals surface area contributed by atoms with Crippen LogP contribution in [0, 0.1) is 0 Å². The van der Waals surface area contributed by atoms with Crippen LogP contribution >= 0.6 is 0 Å². The van der Waals surface area contributed by atoms with Gasteiger partial charge in [0.2, 0.25) is 0 Å². The lowest BCUT2D eigenvalue weighted by Gasteiger charge is -2.21. The standard InChI is InChI=1S/C12H19N3O2/c1-2-15(7-4-8-16)12(17)14-11-6-3-5-10(13)9-11/h3,5-6,9,16H,2,4,7-8,13H2,1H3,(H,14,17). The monoisotopic (exact) mass is 237 g/mol. The lowest BCUT2D eigenvalue weighted by molar-refractivity contribution is 0.205. The highest BCUT2D eigenvalue weighted by atomic mass is 16.3. The Bertz CT molecular complexity index is 369. The molecule has 94 valence electrons. The van der Waals surface area contributed by atoms with E-state index in [1.807, 2.05) is 6.92 Å². The van der Waals surface area contributed by atoms with Crippen LogP contribution in [0.5, 0.6) is 0 Å². The lowest BCUT2D eigenvalue weighted by atomic mass is 10.3. The van der Waals surface area contributed by atoms with Gasteiger partial charge in [-0.2, -0.15) is 0 Å². The highest BCUT2D eigenvalue weighted by Gasteiger charge is 2.10. The van der Waals surface area contributed by atoms with Gasteiger partial charge in [0.05, 0.1) is 0 Å². The fourth-order valence-corrected chi connectivity index (χ4v) is 1.48. The Balaban J connectivity index is 2.57. The van der Waals surface area contributed by atoms with Crippen LogP contribution in [0.15, 0.2) is 24.3 Å². The van der Waals surface area contributed by atoms with Crippen LogP contribution in [-0.2, 0) is 0 Å². The number of carbonyl (C=O) groups excluding carboxylic acids is 1. The van der Waals surface area contributed by atoms with Gasteiger partial charge in [-0.1, -0.05) is 6.07 Å². The number of aliphatic hydroxyl groups is 1. The van der Waals surface area contributed by atoms with Crippen molar-refractivity contribution in [2.75, 3.05) is 30.7 Å². The summed E-state index contributed by atoms with van der Waals surface area (Å²) < 4.78 is 0. The summed E-state index contributed by atoms with van der Waals surface area (Å²) in [6.45, 7) is 3.13. The van der Waals surface area contributed by atoms with E-state index in [9.17, 15) is 4.79 Å². The fraction of sp³-hybridized carbons (Fsp3) is 0.417. The molecule has 0 saturated carbocycles. The van der Waals surface area contributed by atoms with E-state index in [0.29, 0.717) is 30.9 Å². The summed E-state index contributed by atoms with van der Waals surface area (Å²) >= 11 is 0. The Morgan fingerprint density at radius 1 is 1.53 bits per heavy atom. The summed E-state index contributed by atoms with van der Waals surface area (Å²) in [6.07, 6.45) is 0.582. The summed E-state index contributed by atoms with van der Waals surface area (Å²) in [5, 5.41) is 11.5. The van der Waals surface area contributed by atoms with Crippen LogP contribution in [0.25, 0.3) is 0 Å². The molecule has 17 heavy (non-hydrogen) atoms. The molecule has 0 bridgehead atoms. The molecule has 0 atom stereocenters. The van der Waals surface area contributed by atoms with E-state index >= 15 is 0 Å². The van der Waals surface area contributed by atoms with Crippen molar-refractivity contribution < 1.29 is 9.90 Å². The zero-order valence-corrected chi connectivity index (χ0v) is 10.0. The lowest BCUT2D eigenvalue weighted by Crippen LogP contribution is -2.35. The second-order valence-corrected chi connectivity index (χ2v) is 3.71. The maximum atomic E-state index is 11.9. The number of aliphatic hydroxyl groups excluding tert-OH is 1. The van der Waals surface area contributed by atoms with E-state index in [4.69, 9.17) is 10.8 Å². The quantitative estimate of drug-likeness (QED) is 0.679. The summed E-state index contributed by atoms with van der Waals surface area (Å²) in [5.41, 5.74) is 6.92. The first-order chi connectivity index (χ1) is 8.17. The van der Waals surface area contributed by atoms with Crippen molar-refractivity contribution in [3.8, 4) is 0 Å². The Morgan fingerprint density at radius 3 is 2.88 bits per heavy atom.